The van der Waals surface area contributed by atoms with Crippen LogP contribution in [0.5, 0.6) is 5.75 Å². The van der Waals surface area contributed by atoms with Crippen LogP contribution in [0.15, 0.2) is 29.2 Å². The van der Waals surface area contributed by atoms with Crippen LogP contribution in [0.1, 0.15) is 36.0 Å². The fraction of sp³-hybridized carbons (Fsp3) is 0.368. The number of rotatable bonds is 5. The molecule has 156 valence electrons. The maximum atomic E-state index is 13.0. The van der Waals surface area contributed by atoms with E-state index in [1.165, 1.54) is 30.0 Å². The van der Waals surface area contributed by atoms with Gasteiger partial charge in [0.25, 0.3) is 10.0 Å². The lowest BCUT2D eigenvalue weighted by molar-refractivity contribution is -0.117. The summed E-state index contributed by atoms with van der Waals surface area (Å²) >= 11 is 1.14. The first-order chi connectivity index (χ1) is 13.6. The molecule has 0 saturated carbocycles. The molecule has 29 heavy (non-hydrogen) atoms. The van der Waals surface area contributed by atoms with Gasteiger partial charge in [0, 0.05) is 11.8 Å². The van der Waals surface area contributed by atoms with Crippen molar-refractivity contribution < 1.29 is 27.5 Å². The number of anilines is 2. The summed E-state index contributed by atoms with van der Waals surface area (Å²) in [6.45, 7) is 7.22. The second-order valence-corrected chi connectivity index (χ2v) is 9.55. The number of hydrogen-bond donors (Lipinski definition) is 1. The van der Waals surface area contributed by atoms with E-state index in [4.69, 9.17) is 9.47 Å². The van der Waals surface area contributed by atoms with Crippen LogP contribution in [-0.2, 0) is 19.6 Å². The third kappa shape index (κ3) is 4.38. The Balaban J connectivity index is 1.97. The van der Waals surface area contributed by atoms with Crippen LogP contribution in [0.4, 0.5) is 10.7 Å². The highest BCUT2D eigenvalue weighted by Gasteiger charge is 2.29. The maximum Gasteiger partial charge on any atom is 0.341 e. The number of fused-ring (bicyclic) bond motifs is 1. The van der Waals surface area contributed by atoms with Crippen LogP contribution in [0, 0.1) is 6.92 Å². The van der Waals surface area contributed by atoms with E-state index in [0.29, 0.717) is 18.0 Å². The lowest BCUT2D eigenvalue weighted by Gasteiger charge is -2.33. The smallest absolute Gasteiger partial charge is 0.341 e. The van der Waals surface area contributed by atoms with E-state index in [2.05, 4.69) is 4.72 Å². The van der Waals surface area contributed by atoms with Gasteiger partial charge in [-0.15, -0.1) is 11.3 Å². The molecule has 1 aliphatic rings. The second kappa shape index (κ2) is 8.03. The first-order valence-electron chi connectivity index (χ1n) is 9.01. The minimum Gasteiger partial charge on any atom is -0.487 e. The van der Waals surface area contributed by atoms with Gasteiger partial charge >= 0.3 is 5.97 Å². The molecule has 0 saturated heterocycles. The van der Waals surface area contributed by atoms with Crippen molar-refractivity contribution in [1.29, 1.82) is 0 Å². The molecule has 1 amide bonds. The van der Waals surface area contributed by atoms with Gasteiger partial charge in [-0.1, -0.05) is 0 Å². The number of carbonyl (C=O) groups excluding carboxylic acids is 2. The van der Waals surface area contributed by atoms with E-state index >= 15 is 0 Å². The summed E-state index contributed by atoms with van der Waals surface area (Å²) in [5.41, 5.74) is 0.560. The Morgan fingerprint density at radius 3 is 2.72 bits per heavy atom. The van der Waals surface area contributed by atoms with Crippen LogP contribution in [-0.4, -0.2) is 39.5 Å². The molecule has 2 heterocycles. The molecule has 0 spiro atoms. The Labute approximate surface area is 173 Å². The number of nitrogens with zero attached hydrogens (tertiary/aromatic N) is 1. The highest BCUT2D eigenvalue weighted by molar-refractivity contribution is 7.93. The lowest BCUT2D eigenvalue weighted by atomic mass is 10.2. The van der Waals surface area contributed by atoms with Crippen molar-refractivity contribution in [3.63, 3.8) is 0 Å². The van der Waals surface area contributed by atoms with Gasteiger partial charge in [0.2, 0.25) is 5.91 Å². The Morgan fingerprint density at radius 2 is 2.07 bits per heavy atom. The number of benzene rings is 1. The molecule has 1 N–H and O–H groups in total. The normalized spacial score (nSPS) is 16.0. The third-order valence-corrected chi connectivity index (χ3v) is 6.70. The molecule has 1 aliphatic heterocycles. The Bertz CT molecular complexity index is 1060. The summed E-state index contributed by atoms with van der Waals surface area (Å²) in [7, 11) is -4.01. The van der Waals surface area contributed by atoms with E-state index < -0.39 is 16.0 Å². The first-order valence-corrected chi connectivity index (χ1v) is 11.3. The Hall–Kier alpha value is -2.59. The minimum atomic E-state index is -4.01. The minimum absolute atomic E-state index is 0.0403. The number of thiophene rings is 1. The van der Waals surface area contributed by atoms with Crippen molar-refractivity contribution in [2.24, 2.45) is 0 Å². The standard InChI is InChI=1S/C19H22N2O6S2/c1-5-26-19(23)15-8-12(3)28-18(15)20-29(24,25)14-6-7-17-16(9-14)21(13(4)22)10-11(2)27-17/h6-9,11,20H,5,10H2,1-4H3. The SMILES string of the molecule is CCOC(=O)c1cc(C)sc1NS(=O)(=O)c1ccc2c(c1)N(C(C)=O)CC(C)O2. The predicted octanol–water partition coefficient (Wildman–Crippen LogP) is 3.17. The van der Waals surface area contributed by atoms with Crippen LogP contribution in [0.3, 0.4) is 0 Å². The van der Waals surface area contributed by atoms with Gasteiger partial charge in [-0.3, -0.25) is 9.52 Å². The molecule has 0 aliphatic carbocycles. The number of hydrogen-bond acceptors (Lipinski definition) is 7. The summed E-state index contributed by atoms with van der Waals surface area (Å²) in [5, 5.41) is 0.187. The van der Waals surface area contributed by atoms with Crippen molar-refractivity contribution in [1.82, 2.24) is 0 Å². The zero-order valence-corrected chi connectivity index (χ0v) is 18.1. The molecule has 0 radical (unpaired) electrons. The molecular weight excluding hydrogens is 416 g/mol. The number of esters is 1. The molecule has 1 aromatic carbocycles. The van der Waals surface area contributed by atoms with Gasteiger partial charge in [0.05, 0.1) is 29.3 Å². The van der Waals surface area contributed by atoms with Gasteiger partial charge in [-0.05, 0) is 45.0 Å². The lowest BCUT2D eigenvalue weighted by Crippen LogP contribution is -2.41. The molecule has 10 heteroatoms. The van der Waals surface area contributed by atoms with Crippen LogP contribution < -0.4 is 14.4 Å². The van der Waals surface area contributed by atoms with E-state index in [1.54, 1.807) is 19.9 Å². The van der Waals surface area contributed by atoms with E-state index in [-0.39, 0.29) is 34.1 Å². The molecular formula is C19H22N2O6S2. The third-order valence-electron chi connectivity index (χ3n) is 4.26. The molecule has 8 nitrogen and oxygen atoms in total. The van der Waals surface area contributed by atoms with Crippen molar-refractivity contribution in [2.75, 3.05) is 22.8 Å². The topological polar surface area (TPSA) is 102 Å². The van der Waals surface area contributed by atoms with Crippen molar-refractivity contribution in [2.45, 2.75) is 38.7 Å². The highest BCUT2D eigenvalue weighted by Crippen LogP contribution is 2.37. The average Bonchev–Trinajstić information content (AvgIpc) is 3.00. The number of carbonyl (C=O) groups is 2. The molecule has 0 fully saturated rings. The number of aryl methyl sites for hydroxylation is 1. The van der Waals surface area contributed by atoms with E-state index in [9.17, 15) is 18.0 Å². The molecule has 0 bridgehead atoms. The second-order valence-electron chi connectivity index (χ2n) is 6.61. The number of sulfonamides is 1. The molecule has 3 rings (SSSR count). The highest BCUT2D eigenvalue weighted by atomic mass is 32.2. The van der Waals surface area contributed by atoms with Gasteiger partial charge in [-0.25, -0.2) is 13.2 Å². The molecule has 1 aromatic heterocycles. The van der Waals surface area contributed by atoms with E-state index in [0.717, 1.165) is 16.2 Å². The largest absolute Gasteiger partial charge is 0.487 e. The van der Waals surface area contributed by atoms with Gasteiger partial charge in [0.15, 0.2) is 0 Å². The Morgan fingerprint density at radius 1 is 1.34 bits per heavy atom. The fourth-order valence-corrected chi connectivity index (χ4v) is 5.25. The van der Waals surface area contributed by atoms with Crippen LogP contribution >= 0.6 is 11.3 Å². The summed E-state index contributed by atoms with van der Waals surface area (Å²) < 4.78 is 39.1. The fourth-order valence-electron chi connectivity index (χ4n) is 3.01. The van der Waals surface area contributed by atoms with Crippen molar-refractivity contribution in [3.05, 3.63) is 34.7 Å². The summed E-state index contributed by atoms with van der Waals surface area (Å²) in [6, 6.07) is 5.92. The molecule has 1 atom stereocenters. The quantitative estimate of drug-likeness (QED) is 0.720. The predicted molar refractivity (Wildman–Crippen MR) is 110 cm³/mol. The summed E-state index contributed by atoms with van der Waals surface area (Å²) in [4.78, 5) is 26.3. The average molecular weight is 439 g/mol. The van der Waals surface area contributed by atoms with E-state index in [1.807, 2.05) is 6.92 Å². The Kier molecular flexibility index (Phi) is 5.85. The first kappa shape index (κ1) is 21.1. The molecule has 2 aromatic rings. The molecule has 1 unspecified atom stereocenters. The van der Waals surface area contributed by atoms with Gasteiger partial charge in [-0.2, -0.15) is 0 Å². The van der Waals surface area contributed by atoms with Crippen molar-refractivity contribution >= 4 is 43.9 Å². The number of ether oxygens (including phenoxy) is 2. The summed E-state index contributed by atoms with van der Waals surface area (Å²) in [6.07, 6.45) is -0.201. The van der Waals surface area contributed by atoms with Crippen LogP contribution in [0.25, 0.3) is 0 Å². The van der Waals surface area contributed by atoms with Gasteiger partial charge < -0.3 is 14.4 Å². The number of amides is 1. The van der Waals surface area contributed by atoms with Crippen molar-refractivity contribution in [3.8, 4) is 5.75 Å². The van der Waals surface area contributed by atoms with Gasteiger partial charge in [0.1, 0.15) is 16.9 Å². The summed E-state index contributed by atoms with van der Waals surface area (Å²) in [5.74, 6) is -0.357. The maximum absolute atomic E-state index is 13.0. The zero-order valence-electron chi connectivity index (χ0n) is 16.5. The number of nitrogens with one attached hydrogen (secondary N) is 1. The monoisotopic (exact) mass is 438 g/mol. The van der Waals surface area contributed by atoms with Crippen LogP contribution in [0.2, 0.25) is 0 Å². The zero-order chi connectivity index (χ0) is 21.3.